The highest BCUT2D eigenvalue weighted by Gasteiger charge is 2.19. The lowest BCUT2D eigenvalue weighted by molar-refractivity contribution is 0.199. The van der Waals surface area contributed by atoms with E-state index in [4.69, 9.17) is 16.3 Å². The van der Waals surface area contributed by atoms with Gasteiger partial charge in [-0.05, 0) is 24.6 Å². The molecule has 0 amide bonds. The monoisotopic (exact) mass is 264 g/mol. The molecule has 0 aliphatic carbocycles. The summed E-state index contributed by atoms with van der Waals surface area (Å²) in [4.78, 5) is -0.0154. The molecule has 90 valence electrons. The number of halogens is 1. The first-order valence-corrected chi connectivity index (χ1v) is 6.80. The Kier molecular flexibility index (Phi) is 3.83. The van der Waals surface area contributed by atoms with E-state index in [1.54, 1.807) is 0 Å². The number of benzene rings is 1. The second kappa shape index (κ2) is 4.61. The molecule has 0 spiro atoms. The fraction of sp³-hybridized carbons (Fsp3) is 0.400. The lowest BCUT2D eigenvalue weighted by Gasteiger charge is -2.12. The lowest BCUT2D eigenvalue weighted by Crippen LogP contribution is -2.04. The smallest absolute Gasteiger partial charge is 0.179 e. The summed E-state index contributed by atoms with van der Waals surface area (Å²) in [6.45, 7) is 1.53. The predicted octanol–water partition coefficient (Wildman–Crippen LogP) is 1.81. The predicted molar refractivity (Wildman–Crippen MR) is 61.7 cm³/mol. The van der Waals surface area contributed by atoms with Crippen LogP contribution in [0.1, 0.15) is 18.6 Å². The summed E-state index contributed by atoms with van der Waals surface area (Å²) in [6, 6.07) is 2.85. The largest absolute Gasteiger partial charge is 0.494 e. The summed E-state index contributed by atoms with van der Waals surface area (Å²) in [5.74, 6) is 0.105. The molecule has 0 radical (unpaired) electrons. The Morgan fingerprint density at radius 1 is 1.44 bits per heavy atom. The molecule has 6 heteroatoms. The maximum atomic E-state index is 11.5. The number of methoxy groups -OCH3 is 1. The fourth-order valence-corrected chi connectivity index (χ4v) is 2.54. The molecule has 1 unspecified atom stereocenters. The van der Waals surface area contributed by atoms with Gasteiger partial charge in [0.2, 0.25) is 0 Å². The van der Waals surface area contributed by atoms with Crippen molar-refractivity contribution in [3.05, 3.63) is 22.7 Å². The van der Waals surface area contributed by atoms with Crippen molar-refractivity contribution < 1.29 is 18.3 Å². The second-order valence-corrected chi connectivity index (χ2v) is 5.87. The molecule has 1 rings (SSSR count). The molecule has 0 aliphatic rings. The van der Waals surface area contributed by atoms with E-state index in [2.05, 4.69) is 0 Å². The normalized spacial score (nSPS) is 13.6. The van der Waals surface area contributed by atoms with E-state index in [9.17, 15) is 13.5 Å². The second-order valence-electron chi connectivity index (χ2n) is 3.48. The SMILES string of the molecule is COc1c(Cl)cc(C(C)O)cc1S(C)(=O)=O. The number of rotatable bonds is 3. The van der Waals surface area contributed by atoms with Gasteiger partial charge >= 0.3 is 0 Å². The fourth-order valence-electron chi connectivity index (χ4n) is 1.30. The van der Waals surface area contributed by atoms with Crippen molar-refractivity contribution in [1.82, 2.24) is 0 Å². The van der Waals surface area contributed by atoms with Gasteiger partial charge in [-0.2, -0.15) is 0 Å². The molecule has 0 saturated carbocycles. The summed E-state index contributed by atoms with van der Waals surface area (Å²) in [5.41, 5.74) is 0.436. The van der Waals surface area contributed by atoms with Crippen LogP contribution in [0.5, 0.6) is 5.75 Å². The molecule has 0 aromatic heterocycles. The van der Waals surface area contributed by atoms with E-state index in [0.29, 0.717) is 5.56 Å². The average Bonchev–Trinajstić information content (AvgIpc) is 2.14. The van der Waals surface area contributed by atoms with E-state index >= 15 is 0 Å². The molecule has 0 heterocycles. The molecule has 1 aromatic rings. The quantitative estimate of drug-likeness (QED) is 0.904. The minimum atomic E-state index is -3.44. The van der Waals surface area contributed by atoms with Gasteiger partial charge in [-0.25, -0.2) is 8.42 Å². The molecule has 0 saturated heterocycles. The summed E-state index contributed by atoms with van der Waals surface area (Å²) >= 11 is 5.88. The summed E-state index contributed by atoms with van der Waals surface area (Å²) in [6.07, 6.45) is 0.274. The number of ether oxygens (including phenoxy) is 1. The Morgan fingerprint density at radius 2 is 2.00 bits per heavy atom. The summed E-state index contributed by atoms with van der Waals surface area (Å²) in [5, 5.41) is 9.58. The van der Waals surface area contributed by atoms with Crippen molar-refractivity contribution in [2.75, 3.05) is 13.4 Å². The minimum Gasteiger partial charge on any atom is -0.494 e. The molecule has 1 N–H and O–H groups in total. The first-order chi connectivity index (χ1) is 7.27. The number of aliphatic hydroxyl groups is 1. The van der Waals surface area contributed by atoms with Crippen molar-refractivity contribution >= 4 is 21.4 Å². The zero-order chi connectivity index (χ0) is 12.5. The van der Waals surface area contributed by atoms with Crippen LogP contribution >= 0.6 is 11.6 Å². The Labute approximate surface area is 99.7 Å². The molecule has 16 heavy (non-hydrogen) atoms. The molecule has 1 atom stereocenters. The van der Waals surface area contributed by atoms with Crippen molar-refractivity contribution in [2.45, 2.75) is 17.9 Å². The Morgan fingerprint density at radius 3 is 2.38 bits per heavy atom. The van der Waals surface area contributed by atoms with Crippen molar-refractivity contribution in [1.29, 1.82) is 0 Å². The van der Waals surface area contributed by atoms with Crippen molar-refractivity contribution in [3.63, 3.8) is 0 Å². The molecular formula is C10H13ClO4S. The van der Waals surface area contributed by atoms with Gasteiger partial charge in [-0.1, -0.05) is 11.6 Å². The molecular weight excluding hydrogens is 252 g/mol. The Bertz CT molecular complexity index is 494. The Hall–Kier alpha value is -0.780. The lowest BCUT2D eigenvalue weighted by atomic mass is 10.1. The number of hydrogen-bond donors (Lipinski definition) is 1. The molecule has 1 aromatic carbocycles. The van der Waals surface area contributed by atoms with E-state index < -0.39 is 15.9 Å². The van der Waals surface area contributed by atoms with Crippen molar-refractivity contribution in [2.24, 2.45) is 0 Å². The van der Waals surface area contributed by atoms with Crippen LogP contribution in [0.25, 0.3) is 0 Å². The van der Waals surface area contributed by atoms with E-state index in [0.717, 1.165) is 6.26 Å². The van der Waals surface area contributed by atoms with Gasteiger partial charge in [0, 0.05) is 6.26 Å². The zero-order valence-electron chi connectivity index (χ0n) is 9.19. The highest BCUT2D eigenvalue weighted by molar-refractivity contribution is 7.90. The third kappa shape index (κ3) is 2.66. The van der Waals surface area contributed by atoms with Crippen LogP contribution in [0.4, 0.5) is 0 Å². The van der Waals surface area contributed by atoms with Crippen molar-refractivity contribution in [3.8, 4) is 5.75 Å². The number of aliphatic hydroxyl groups excluding tert-OH is 1. The summed E-state index contributed by atoms with van der Waals surface area (Å²) in [7, 11) is -2.10. The highest BCUT2D eigenvalue weighted by Crippen LogP contribution is 2.34. The maximum Gasteiger partial charge on any atom is 0.179 e. The van der Waals surface area contributed by atoms with Crippen LogP contribution in [-0.4, -0.2) is 26.9 Å². The van der Waals surface area contributed by atoms with Gasteiger partial charge in [0.1, 0.15) is 4.90 Å². The van der Waals surface area contributed by atoms with Gasteiger partial charge in [-0.3, -0.25) is 0 Å². The first kappa shape index (κ1) is 13.3. The van der Waals surface area contributed by atoms with Gasteiger partial charge in [0.05, 0.1) is 18.2 Å². The molecule has 4 nitrogen and oxygen atoms in total. The van der Waals surface area contributed by atoms with Crippen LogP contribution in [0.15, 0.2) is 17.0 Å². The van der Waals surface area contributed by atoms with E-state index in [1.165, 1.54) is 26.2 Å². The third-order valence-electron chi connectivity index (χ3n) is 2.12. The average molecular weight is 265 g/mol. The summed E-state index contributed by atoms with van der Waals surface area (Å²) < 4.78 is 28.0. The molecule has 0 bridgehead atoms. The topological polar surface area (TPSA) is 63.6 Å². The standard InChI is InChI=1S/C10H13ClO4S/c1-6(12)7-4-8(11)10(15-2)9(5-7)16(3,13)14/h4-6,12H,1-3H3. The van der Waals surface area contributed by atoms with Crippen LogP contribution in [0.3, 0.4) is 0 Å². The van der Waals surface area contributed by atoms with E-state index in [1.807, 2.05) is 0 Å². The third-order valence-corrected chi connectivity index (χ3v) is 3.50. The Balaban J connectivity index is 3.56. The number of sulfone groups is 1. The van der Waals surface area contributed by atoms with E-state index in [-0.39, 0.29) is 15.7 Å². The zero-order valence-corrected chi connectivity index (χ0v) is 10.8. The van der Waals surface area contributed by atoms with Crippen LogP contribution in [-0.2, 0) is 9.84 Å². The maximum absolute atomic E-state index is 11.5. The molecule has 0 fully saturated rings. The van der Waals surface area contributed by atoms with Gasteiger partial charge < -0.3 is 9.84 Å². The highest BCUT2D eigenvalue weighted by atomic mass is 35.5. The molecule has 0 aliphatic heterocycles. The van der Waals surface area contributed by atoms with Gasteiger partial charge in [0.15, 0.2) is 15.6 Å². The number of hydrogen-bond acceptors (Lipinski definition) is 4. The van der Waals surface area contributed by atoms with Gasteiger partial charge in [-0.15, -0.1) is 0 Å². The van der Waals surface area contributed by atoms with Crippen LogP contribution in [0.2, 0.25) is 5.02 Å². The first-order valence-electron chi connectivity index (χ1n) is 4.53. The van der Waals surface area contributed by atoms with Crippen LogP contribution in [0, 0.1) is 0 Å². The van der Waals surface area contributed by atoms with Crippen LogP contribution < -0.4 is 4.74 Å². The minimum absolute atomic E-state index is 0.0154. The van der Waals surface area contributed by atoms with Gasteiger partial charge in [0.25, 0.3) is 0 Å².